The second-order valence-electron chi connectivity index (χ2n) is 2.84. The lowest BCUT2D eigenvalue weighted by Gasteiger charge is -2.09. The molecule has 60 valence electrons. The van der Waals surface area contributed by atoms with Crippen LogP contribution in [0, 0.1) is 0 Å². The number of halogens is 3. The minimum absolute atomic E-state index is 0.754. The molecule has 0 radical (unpaired) electrons. The van der Waals surface area contributed by atoms with Crippen LogP contribution in [-0.2, 0) is 0 Å². The van der Waals surface area contributed by atoms with Gasteiger partial charge in [0.15, 0.2) is 0 Å². The highest BCUT2D eigenvalue weighted by molar-refractivity contribution is 4.66. The molecule has 2 nitrogen and oxygen atoms in total. The smallest absolute Gasteiger partial charge is 0.180 e. The lowest BCUT2D eigenvalue weighted by molar-refractivity contribution is -0.127. The van der Waals surface area contributed by atoms with Crippen molar-refractivity contribution in [3.63, 3.8) is 0 Å². The van der Waals surface area contributed by atoms with Crippen LogP contribution >= 0.6 is 0 Å². The van der Waals surface area contributed by atoms with Crippen molar-refractivity contribution in [2.24, 2.45) is 10.2 Å². The van der Waals surface area contributed by atoms with Crippen molar-refractivity contribution in [2.75, 3.05) is 0 Å². The Morgan fingerprint density at radius 1 is 0.900 bits per heavy atom. The van der Waals surface area contributed by atoms with Crippen molar-refractivity contribution < 1.29 is 13.2 Å². The van der Waals surface area contributed by atoms with Gasteiger partial charge in [-0.3, -0.25) is 0 Å². The molecule has 0 saturated carbocycles. The van der Waals surface area contributed by atoms with E-state index in [1.54, 1.807) is 20.8 Å². The number of alkyl halides is 3. The summed E-state index contributed by atoms with van der Waals surface area (Å²) >= 11 is 0. The van der Waals surface area contributed by atoms with E-state index in [4.69, 9.17) is 0 Å². The molecular formula is C5H9F3N2. The summed E-state index contributed by atoms with van der Waals surface area (Å²) in [6.45, 7) is 4.63. The van der Waals surface area contributed by atoms with Crippen molar-refractivity contribution in [1.82, 2.24) is 0 Å². The lowest BCUT2D eigenvalue weighted by Crippen LogP contribution is -2.11. The van der Waals surface area contributed by atoms with Crippen molar-refractivity contribution in [2.45, 2.75) is 32.6 Å². The third kappa shape index (κ3) is 7.39. The van der Waals surface area contributed by atoms with Gasteiger partial charge in [0.1, 0.15) is 0 Å². The van der Waals surface area contributed by atoms with Crippen LogP contribution < -0.4 is 0 Å². The third-order valence-electron chi connectivity index (χ3n) is 0.463. The molecule has 10 heavy (non-hydrogen) atoms. The van der Waals surface area contributed by atoms with Gasteiger partial charge < -0.3 is 0 Å². The SMILES string of the molecule is CC(C)(C)/N=N\C(F)(F)F. The van der Waals surface area contributed by atoms with Gasteiger partial charge in [0, 0.05) is 0 Å². The number of rotatable bonds is 0. The average molecular weight is 154 g/mol. The molecule has 0 aromatic carbocycles. The molecule has 0 atom stereocenters. The molecule has 0 unspecified atom stereocenters. The van der Waals surface area contributed by atoms with E-state index in [0.717, 1.165) is 0 Å². The Morgan fingerprint density at radius 3 is 1.40 bits per heavy atom. The van der Waals surface area contributed by atoms with Gasteiger partial charge in [0.2, 0.25) is 0 Å². The summed E-state index contributed by atoms with van der Waals surface area (Å²) in [4.78, 5) is 0. The summed E-state index contributed by atoms with van der Waals surface area (Å²) in [5.74, 6) is 0. The summed E-state index contributed by atoms with van der Waals surface area (Å²) < 4.78 is 34.0. The zero-order chi connectivity index (χ0) is 8.41. The minimum atomic E-state index is -4.53. The van der Waals surface area contributed by atoms with Gasteiger partial charge in [-0.2, -0.15) is 5.11 Å². The molecule has 0 spiro atoms. The fourth-order valence-electron chi connectivity index (χ4n) is 0.207. The maximum absolute atomic E-state index is 11.3. The Balaban J connectivity index is 4.01. The van der Waals surface area contributed by atoms with Crippen LogP contribution in [0.25, 0.3) is 0 Å². The quantitative estimate of drug-likeness (QED) is 0.378. The predicted octanol–water partition coefficient (Wildman–Crippen LogP) is 2.76. The van der Waals surface area contributed by atoms with Gasteiger partial charge in [-0.15, -0.1) is 13.2 Å². The zero-order valence-electron chi connectivity index (χ0n) is 6.03. The fourth-order valence-corrected chi connectivity index (χ4v) is 0.207. The topological polar surface area (TPSA) is 24.7 Å². The number of hydrogen-bond donors (Lipinski definition) is 0. The average Bonchev–Trinajstić information content (AvgIpc) is 1.57. The molecule has 0 amide bonds. The van der Waals surface area contributed by atoms with Crippen LogP contribution in [0.1, 0.15) is 20.8 Å². The second kappa shape index (κ2) is 2.56. The first-order valence-electron chi connectivity index (χ1n) is 2.71. The van der Waals surface area contributed by atoms with E-state index in [1.807, 2.05) is 0 Å². The van der Waals surface area contributed by atoms with E-state index in [-0.39, 0.29) is 0 Å². The largest absolute Gasteiger partial charge is 0.520 e. The molecule has 0 saturated heterocycles. The summed E-state index contributed by atoms with van der Waals surface area (Å²) in [6, 6.07) is 0. The highest BCUT2D eigenvalue weighted by Crippen LogP contribution is 2.19. The van der Waals surface area contributed by atoms with Crippen molar-refractivity contribution in [3.05, 3.63) is 0 Å². The van der Waals surface area contributed by atoms with E-state index in [2.05, 4.69) is 10.2 Å². The monoisotopic (exact) mass is 154 g/mol. The first kappa shape index (κ1) is 9.39. The third-order valence-corrected chi connectivity index (χ3v) is 0.463. The van der Waals surface area contributed by atoms with Gasteiger partial charge in [-0.25, -0.2) is 0 Å². The van der Waals surface area contributed by atoms with E-state index >= 15 is 0 Å². The molecule has 0 N–H and O–H groups in total. The van der Waals surface area contributed by atoms with Crippen molar-refractivity contribution in [3.8, 4) is 0 Å². The Hall–Kier alpha value is -0.610. The molecule has 0 aromatic heterocycles. The second-order valence-corrected chi connectivity index (χ2v) is 2.84. The van der Waals surface area contributed by atoms with Gasteiger partial charge in [0.25, 0.3) is 0 Å². The van der Waals surface area contributed by atoms with Gasteiger partial charge in [-0.05, 0) is 20.8 Å². The molecule has 0 aliphatic carbocycles. The standard InChI is InChI=1S/C5H9F3N2/c1-4(2,3)9-10-5(6,7)8/h1-3H3/b10-9-. The van der Waals surface area contributed by atoms with Crippen LogP contribution in [0.3, 0.4) is 0 Å². The van der Waals surface area contributed by atoms with Crippen LogP contribution in [0.2, 0.25) is 0 Å². The molecule has 5 heteroatoms. The summed E-state index contributed by atoms with van der Waals surface area (Å²) in [5, 5.41) is 5.18. The van der Waals surface area contributed by atoms with E-state index in [0.29, 0.717) is 0 Å². The highest BCUT2D eigenvalue weighted by atomic mass is 19.4. The molecule has 0 aromatic rings. The number of nitrogens with zero attached hydrogens (tertiary/aromatic N) is 2. The normalized spacial score (nSPS) is 14.6. The molecular weight excluding hydrogens is 145 g/mol. The molecule has 0 aliphatic heterocycles. The lowest BCUT2D eigenvalue weighted by atomic mass is 10.1. The van der Waals surface area contributed by atoms with Gasteiger partial charge in [0.05, 0.1) is 5.54 Å². The van der Waals surface area contributed by atoms with Crippen LogP contribution in [-0.4, -0.2) is 11.8 Å². The highest BCUT2D eigenvalue weighted by Gasteiger charge is 2.27. The van der Waals surface area contributed by atoms with Gasteiger partial charge in [-0.1, -0.05) is 5.11 Å². The molecule has 0 rings (SSSR count). The van der Waals surface area contributed by atoms with E-state index in [1.165, 1.54) is 0 Å². The summed E-state index contributed by atoms with van der Waals surface area (Å²) in [7, 11) is 0. The fraction of sp³-hybridized carbons (Fsp3) is 1.00. The first-order valence-corrected chi connectivity index (χ1v) is 2.71. The summed E-state index contributed by atoms with van der Waals surface area (Å²) in [6.07, 6.45) is -4.53. The molecule has 0 fully saturated rings. The van der Waals surface area contributed by atoms with Crippen LogP contribution in [0.4, 0.5) is 13.2 Å². The summed E-state index contributed by atoms with van der Waals surface area (Å²) in [5.41, 5.74) is -0.754. The number of azo groups is 1. The van der Waals surface area contributed by atoms with E-state index in [9.17, 15) is 13.2 Å². The molecule has 0 bridgehead atoms. The van der Waals surface area contributed by atoms with Crippen molar-refractivity contribution in [1.29, 1.82) is 0 Å². The number of hydrogen-bond acceptors (Lipinski definition) is 2. The van der Waals surface area contributed by atoms with E-state index < -0.39 is 11.8 Å². The zero-order valence-corrected chi connectivity index (χ0v) is 6.03. The Labute approximate surface area is 57.1 Å². The van der Waals surface area contributed by atoms with Crippen LogP contribution in [0.15, 0.2) is 10.2 Å². The van der Waals surface area contributed by atoms with Crippen molar-refractivity contribution >= 4 is 0 Å². The Bertz CT molecular complexity index is 115. The maximum atomic E-state index is 11.3. The first-order chi connectivity index (χ1) is 4.21. The van der Waals surface area contributed by atoms with Crippen LogP contribution in [0.5, 0.6) is 0 Å². The Kier molecular flexibility index (Phi) is 2.40. The minimum Gasteiger partial charge on any atom is -0.180 e. The predicted molar refractivity (Wildman–Crippen MR) is 30.7 cm³/mol. The van der Waals surface area contributed by atoms with Gasteiger partial charge >= 0.3 is 6.30 Å². The Morgan fingerprint density at radius 2 is 1.30 bits per heavy atom. The maximum Gasteiger partial charge on any atom is 0.520 e. The molecule has 0 heterocycles. The molecule has 0 aliphatic rings.